The molecule has 0 aromatic carbocycles. The monoisotopic (exact) mass is 227 g/mol. The molecule has 0 aliphatic carbocycles. The molecule has 0 aromatic heterocycles. The van der Waals surface area contributed by atoms with Gasteiger partial charge in [0, 0.05) is 27.1 Å². The number of carbonyl (C=O) groups is 1. The number of hydrogen-bond acceptors (Lipinski definition) is 2. The van der Waals surface area contributed by atoms with Crippen LogP contribution >= 0.6 is 0 Å². The summed E-state index contributed by atoms with van der Waals surface area (Å²) in [7, 11) is 1.80. The highest BCUT2D eigenvalue weighted by Crippen LogP contribution is 2.41. The molecule has 1 unspecified atom stereocenters. The van der Waals surface area contributed by atoms with Crippen molar-refractivity contribution in [3.05, 3.63) is 0 Å². The minimum Gasteiger partial charge on any atom is -0.378 e. The van der Waals surface area contributed by atoms with E-state index in [1.807, 2.05) is 4.90 Å². The zero-order valence-corrected chi connectivity index (χ0v) is 11.3. The van der Waals surface area contributed by atoms with Gasteiger partial charge in [0.2, 0.25) is 5.91 Å². The van der Waals surface area contributed by atoms with Gasteiger partial charge in [-0.2, -0.15) is 0 Å². The fourth-order valence-electron chi connectivity index (χ4n) is 2.68. The molecule has 16 heavy (non-hydrogen) atoms. The van der Waals surface area contributed by atoms with Gasteiger partial charge < -0.3 is 9.64 Å². The molecular weight excluding hydrogens is 202 g/mol. The standard InChI is InChI=1S/C13H25NO2/c1-11(15)14-9-6-7-13(16-5,8-10-14)12(2,3)4/h6-10H2,1-5H3. The van der Waals surface area contributed by atoms with Crippen molar-refractivity contribution in [3.63, 3.8) is 0 Å². The molecule has 1 amide bonds. The van der Waals surface area contributed by atoms with Crippen LogP contribution in [-0.2, 0) is 9.53 Å². The van der Waals surface area contributed by atoms with Crippen LogP contribution in [0.25, 0.3) is 0 Å². The highest BCUT2D eigenvalue weighted by Gasteiger charge is 2.43. The van der Waals surface area contributed by atoms with Crippen LogP contribution in [0.1, 0.15) is 47.0 Å². The summed E-state index contributed by atoms with van der Waals surface area (Å²) in [6.45, 7) is 10.0. The first-order valence-corrected chi connectivity index (χ1v) is 6.13. The summed E-state index contributed by atoms with van der Waals surface area (Å²) >= 11 is 0. The first-order chi connectivity index (χ1) is 7.32. The van der Waals surface area contributed by atoms with Crippen molar-refractivity contribution in [3.8, 4) is 0 Å². The predicted octanol–water partition coefficient (Wildman–Crippen LogP) is 2.45. The molecule has 1 atom stereocenters. The maximum Gasteiger partial charge on any atom is 0.219 e. The zero-order valence-electron chi connectivity index (χ0n) is 11.3. The molecule has 1 heterocycles. The zero-order chi connectivity index (χ0) is 12.4. The Morgan fingerprint density at radius 2 is 1.88 bits per heavy atom. The maximum absolute atomic E-state index is 11.4. The lowest BCUT2D eigenvalue weighted by atomic mass is 9.72. The molecule has 0 N–H and O–H groups in total. The summed E-state index contributed by atoms with van der Waals surface area (Å²) in [4.78, 5) is 13.3. The summed E-state index contributed by atoms with van der Waals surface area (Å²) in [6, 6.07) is 0. The van der Waals surface area contributed by atoms with Crippen LogP contribution in [0.15, 0.2) is 0 Å². The van der Waals surface area contributed by atoms with E-state index in [0.29, 0.717) is 0 Å². The summed E-state index contributed by atoms with van der Waals surface area (Å²) in [6.07, 6.45) is 3.01. The molecule has 0 aromatic rings. The molecule has 94 valence electrons. The molecule has 0 bridgehead atoms. The van der Waals surface area contributed by atoms with Crippen molar-refractivity contribution in [1.29, 1.82) is 0 Å². The second-order valence-electron chi connectivity index (χ2n) is 5.81. The predicted molar refractivity (Wildman–Crippen MR) is 65.3 cm³/mol. The van der Waals surface area contributed by atoms with Crippen molar-refractivity contribution in [1.82, 2.24) is 4.90 Å². The Bertz CT molecular complexity index is 257. The Kier molecular flexibility index (Phi) is 4.00. The number of hydrogen-bond donors (Lipinski definition) is 0. The molecule has 1 rings (SSSR count). The van der Waals surface area contributed by atoms with Crippen molar-refractivity contribution in [2.24, 2.45) is 5.41 Å². The van der Waals surface area contributed by atoms with E-state index in [2.05, 4.69) is 20.8 Å². The second-order valence-corrected chi connectivity index (χ2v) is 5.81. The average molecular weight is 227 g/mol. The number of methoxy groups -OCH3 is 1. The normalized spacial score (nSPS) is 27.7. The molecule has 1 saturated heterocycles. The molecule has 0 saturated carbocycles. The van der Waals surface area contributed by atoms with Gasteiger partial charge in [-0.05, 0) is 24.7 Å². The minimum absolute atomic E-state index is 0.0861. The number of nitrogens with zero attached hydrogens (tertiary/aromatic N) is 1. The fraction of sp³-hybridized carbons (Fsp3) is 0.923. The smallest absolute Gasteiger partial charge is 0.219 e. The number of rotatable bonds is 1. The molecule has 1 fully saturated rings. The molecule has 1 aliphatic rings. The van der Waals surface area contributed by atoms with Gasteiger partial charge in [-0.1, -0.05) is 20.8 Å². The molecule has 3 nitrogen and oxygen atoms in total. The van der Waals surface area contributed by atoms with Crippen molar-refractivity contribution in [2.75, 3.05) is 20.2 Å². The molecule has 0 radical (unpaired) electrons. The third-order valence-corrected chi connectivity index (χ3v) is 4.00. The second kappa shape index (κ2) is 4.74. The van der Waals surface area contributed by atoms with Gasteiger partial charge in [0.25, 0.3) is 0 Å². The summed E-state index contributed by atoms with van der Waals surface area (Å²) in [5.74, 6) is 0.181. The van der Waals surface area contributed by atoms with Crippen LogP contribution in [-0.4, -0.2) is 36.6 Å². The summed E-state index contributed by atoms with van der Waals surface area (Å²) in [5.41, 5.74) is 0.0335. The van der Waals surface area contributed by atoms with Crippen molar-refractivity contribution < 1.29 is 9.53 Å². The first-order valence-electron chi connectivity index (χ1n) is 6.13. The number of amides is 1. The van der Waals surface area contributed by atoms with Crippen LogP contribution in [0.5, 0.6) is 0 Å². The van der Waals surface area contributed by atoms with Crippen LogP contribution in [0.2, 0.25) is 0 Å². The van der Waals surface area contributed by atoms with Gasteiger partial charge in [-0.25, -0.2) is 0 Å². The minimum atomic E-state index is -0.0861. The summed E-state index contributed by atoms with van der Waals surface area (Å²) < 4.78 is 5.81. The van der Waals surface area contributed by atoms with Gasteiger partial charge in [0.15, 0.2) is 0 Å². The highest BCUT2D eigenvalue weighted by atomic mass is 16.5. The Balaban J connectivity index is 2.80. The maximum atomic E-state index is 11.4. The van der Waals surface area contributed by atoms with Gasteiger partial charge in [0.1, 0.15) is 0 Å². The van der Waals surface area contributed by atoms with Crippen LogP contribution in [0, 0.1) is 5.41 Å². The quantitative estimate of drug-likeness (QED) is 0.688. The number of ether oxygens (including phenoxy) is 1. The lowest BCUT2D eigenvalue weighted by Gasteiger charge is -2.43. The average Bonchev–Trinajstić information content (AvgIpc) is 2.39. The van der Waals surface area contributed by atoms with Crippen molar-refractivity contribution >= 4 is 5.91 Å². The van der Waals surface area contributed by atoms with Crippen LogP contribution in [0.3, 0.4) is 0 Å². The van der Waals surface area contributed by atoms with Gasteiger partial charge in [0.05, 0.1) is 5.60 Å². The molecule has 0 spiro atoms. The van der Waals surface area contributed by atoms with Gasteiger partial charge >= 0.3 is 0 Å². The fourth-order valence-corrected chi connectivity index (χ4v) is 2.68. The molecular formula is C13H25NO2. The van der Waals surface area contributed by atoms with Gasteiger partial charge in [-0.3, -0.25) is 4.79 Å². The topological polar surface area (TPSA) is 29.5 Å². The summed E-state index contributed by atoms with van der Waals surface area (Å²) in [5, 5.41) is 0. The third-order valence-electron chi connectivity index (χ3n) is 4.00. The van der Waals surface area contributed by atoms with E-state index < -0.39 is 0 Å². The number of carbonyl (C=O) groups excluding carboxylic acids is 1. The molecule has 3 heteroatoms. The lowest BCUT2D eigenvalue weighted by Crippen LogP contribution is -2.45. The van der Waals surface area contributed by atoms with E-state index >= 15 is 0 Å². The van der Waals surface area contributed by atoms with Crippen LogP contribution < -0.4 is 0 Å². The van der Waals surface area contributed by atoms with E-state index in [1.54, 1.807) is 14.0 Å². The Hall–Kier alpha value is -0.570. The Morgan fingerprint density at radius 1 is 1.25 bits per heavy atom. The third kappa shape index (κ3) is 2.57. The number of likely N-dealkylation sites (tertiary alicyclic amines) is 1. The van der Waals surface area contributed by atoms with E-state index in [1.165, 1.54) is 0 Å². The Labute approximate surface area is 99.1 Å². The largest absolute Gasteiger partial charge is 0.378 e. The SMILES string of the molecule is COC1(C(C)(C)C)CCCN(C(C)=O)CC1. The van der Waals surface area contributed by atoms with E-state index in [9.17, 15) is 4.79 Å². The molecule has 1 aliphatic heterocycles. The van der Waals surface area contributed by atoms with Crippen LogP contribution in [0.4, 0.5) is 0 Å². The highest BCUT2D eigenvalue weighted by molar-refractivity contribution is 5.73. The van der Waals surface area contributed by atoms with E-state index in [4.69, 9.17) is 4.74 Å². The van der Waals surface area contributed by atoms with E-state index in [0.717, 1.165) is 32.4 Å². The Morgan fingerprint density at radius 3 is 2.31 bits per heavy atom. The first kappa shape index (κ1) is 13.5. The van der Waals surface area contributed by atoms with E-state index in [-0.39, 0.29) is 16.9 Å². The lowest BCUT2D eigenvalue weighted by molar-refractivity contribution is -0.130. The van der Waals surface area contributed by atoms with Crippen molar-refractivity contribution in [2.45, 2.75) is 52.6 Å². The van der Waals surface area contributed by atoms with Gasteiger partial charge in [-0.15, -0.1) is 0 Å².